The number of nitrogens with zero attached hydrogens (tertiary/aromatic N) is 1. The van der Waals surface area contributed by atoms with E-state index >= 15 is 0 Å². The lowest BCUT2D eigenvalue weighted by Gasteiger charge is -1.99. The number of hydrogen-bond donors (Lipinski definition) is 0. The third-order valence-corrected chi connectivity index (χ3v) is 2.31. The summed E-state index contributed by atoms with van der Waals surface area (Å²) < 4.78 is 17.9. The summed E-state index contributed by atoms with van der Waals surface area (Å²) >= 11 is 0. The van der Waals surface area contributed by atoms with Crippen molar-refractivity contribution in [2.24, 2.45) is 0 Å². The van der Waals surface area contributed by atoms with Crippen LogP contribution in [0.5, 0.6) is 5.75 Å². The van der Waals surface area contributed by atoms with Crippen molar-refractivity contribution < 1.29 is 9.13 Å². The van der Waals surface area contributed by atoms with E-state index in [2.05, 4.69) is 4.98 Å². The SMILES string of the molecule is COc1ccc(/C=C/c2cncc(F)c2)cc1. The number of methoxy groups -OCH3 is 1. The number of hydrogen-bond acceptors (Lipinski definition) is 2. The Bertz CT molecular complexity index is 520. The number of pyridine rings is 1. The van der Waals surface area contributed by atoms with E-state index in [0.29, 0.717) is 0 Å². The Morgan fingerprint density at radius 2 is 1.76 bits per heavy atom. The zero-order valence-electron chi connectivity index (χ0n) is 9.43. The maximum absolute atomic E-state index is 12.9. The highest BCUT2D eigenvalue weighted by Crippen LogP contribution is 2.13. The van der Waals surface area contributed by atoms with Crippen LogP contribution in [-0.4, -0.2) is 12.1 Å². The van der Waals surface area contributed by atoms with Crippen LogP contribution >= 0.6 is 0 Å². The molecule has 2 aromatic rings. The van der Waals surface area contributed by atoms with Crippen molar-refractivity contribution in [3.8, 4) is 5.75 Å². The second-order valence-corrected chi connectivity index (χ2v) is 3.54. The van der Waals surface area contributed by atoms with Crippen molar-refractivity contribution >= 4 is 12.2 Å². The van der Waals surface area contributed by atoms with Gasteiger partial charge in [0, 0.05) is 6.20 Å². The molecular weight excluding hydrogens is 217 g/mol. The van der Waals surface area contributed by atoms with Crippen LogP contribution in [0, 0.1) is 5.82 Å². The van der Waals surface area contributed by atoms with Crippen LogP contribution in [0.4, 0.5) is 4.39 Å². The van der Waals surface area contributed by atoms with Gasteiger partial charge in [0.05, 0.1) is 13.3 Å². The Morgan fingerprint density at radius 3 is 2.41 bits per heavy atom. The minimum atomic E-state index is -0.332. The van der Waals surface area contributed by atoms with Gasteiger partial charge in [-0.3, -0.25) is 4.98 Å². The van der Waals surface area contributed by atoms with Gasteiger partial charge in [-0.15, -0.1) is 0 Å². The van der Waals surface area contributed by atoms with Crippen molar-refractivity contribution in [2.45, 2.75) is 0 Å². The molecule has 17 heavy (non-hydrogen) atoms. The fourth-order valence-corrected chi connectivity index (χ4v) is 1.43. The van der Waals surface area contributed by atoms with Gasteiger partial charge in [-0.2, -0.15) is 0 Å². The highest BCUT2D eigenvalue weighted by molar-refractivity contribution is 5.69. The van der Waals surface area contributed by atoms with E-state index < -0.39 is 0 Å². The number of ether oxygens (including phenoxy) is 1. The lowest BCUT2D eigenvalue weighted by atomic mass is 10.1. The second kappa shape index (κ2) is 5.25. The molecular formula is C14H12FNO. The monoisotopic (exact) mass is 229 g/mol. The van der Waals surface area contributed by atoms with E-state index in [-0.39, 0.29) is 5.82 Å². The van der Waals surface area contributed by atoms with Crippen molar-refractivity contribution in [2.75, 3.05) is 7.11 Å². The predicted octanol–water partition coefficient (Wildman–Crippen LogP) is 3.40. The van der Waals surface area contributed by atoms with E-state index in [1.165, 1.54) is 12.3 Å². The van der Waals surface area contributed by atoms with E-state index in [1.54, 1.807) is 13.3 Å². The molecule has 1 heterocycles. The quantitative estimate of drug-likeness (QED) is 0.804. The van der Waals surface area contributed by atoms with Crippen LogP contribution in [-0.2, 0) is 0 Å². The summed E-state index contributed by atoms with van der Waals surface area (Å²) in [4.78, 5) is 3.78. The topological polar surface area (TPSA) is 22.1 Å². The fraction of sp³-hybridized carbons (Fsp3) is 0.0714. The van der Waals surface area contributed by atoms with Crippen LogP contribution in [0.1, 0.15) is 11.1 Å². The van der Waals surface area contributed by atoms with Crippen LogP contribution in [0.3, 0.4) is 0 Å². The average molecular weight is 229 g/mol. The minimum absolute atomic E-state index is 0.332. The Labute approximate surface area is 99.4 Å². The number of halogens is 1. The van der Waals surface area contributed by atoms with Gasteiger partial charge in [-0.05, 0) is 29.3 Å². The maximum atomic E-state index is 12.9. The number of benzene rings is 1. The molecule has 0 aliphatic rings. The van der Waals surface area contributed by atoms with Crippen molar-refractivity contribution in [1.82, 2.24) is 4.98 Å². The molecule has 0 saturated carbocycles. The zero-order chi connectivity index (χ0) is 12.1. The molecule has 86 valence electrons. The first-order valence-electron chi connectivity index (χ1n) is 5.20. The molecule has 2 nitrogen and oxygen atoms in total. The van der Waals surface area contributed by atoms with Crippen molar-refractivity contribution in [1.29, 1.82) is 0 Å². The van der Waals surface area contributed by atoms with Crippen molar-refractivity contribution in [3.05, 3.63) is 59.7 Å². The lowest BCUT2D eigenvalue weighted by Crippen LogP contribution is -1.82. The number of rotatable bonds is 3. The molecule has 0 amide bonds. The molecule has 0 spiro atoms. The predicted molar refractivity (Wildman–Crippen MR) is 66.1 cm³/mol. The van der Waals surface area contributed by atoms with Crippen LogP contribution in [0.25, 0.3) is 12.2 Å². The molecule has 0 unspecified atom stereocenters. The van der Waals surface area contributed by atoms with Gasteiger partial charge in [0.15, 0.2) is 0 Å². The third-order valence-electron chi connectivity index (χ3n) is 2.31. The van der Waals surface area contributed by atoms with Crippen LogP contribution in [0.15, 0.2) is 42.7 Å². The van der Waals surface area contributed by atoms with Gasteiger partial charge < -0.3 is 4.74 Å². The lowest BCUT2D eigenvalue weighted by molar-refractivity contribution is 0.415. The molecule has 0 bridgehead atoms. The van der Waals surface area contributed by atoms with E-state index in [9.17, 15) is 4.39 Å². The summed E-state index contributed by atoms with van der Waals surface area (Å²) in [6.07, 6.45) is 6.52. The van der Waals surface area contributed by atoms with Gasteiger partial charge in [0.25, 0.3) is 0 Å². The highest BCUT2D eigenvalue weighted by Gasteiger charge is 1.93. The fourth-order valence-electron chi connectivity index (χ4n) is 1.43. The first kappa shape index (κ1) is 11.3. The summed E-state index contributed by atoms with van der Waals surface area (Å²) in [7, 11) is 1.63. The first-order chi connectivity index (χ1) is 8.28. The van der Waals surface area contributed by atoms with Gasteiger partial charge in [0.2, 0.25) is 0 Å². The second-order valence-electron chi connectivity index (χ2n) is 3.54. The molecule has 2 rings (SSSR count). The van der Waals surface area contributed by atoms with Gasteiger partial charge in [0.1, 0.15) is 11.6 Å². The third kappa shape index (κ3) is 3.14. The summed E-state index contributed by atoms with van der Waals surface area (Å²) in [5.41, 5.74) is 1.76. The molecule has 0 atom stereocenters. The number of aromatic nitrogens is 1. The molecule has 0 fully saturated rings. The maximum Gasteiger partial charge on any atom is 0.142 e. The van der Waals surface area contributed by atoms with Gasteiger partial charge in [-0.1, -0.05) is 24.3 Å². The standard InChI is InChI=1S/C14H12FNO/c1-17-14-6-4-11(5-7-14)2-3-12-8-13(15)10-16-9-12/h2-10H,1H3/b3-2+. The van der Waals surface area contributed by atoms with Gasteiger partial charge >= 0.3 is 0 Å². The Balaban J connectivity index is 2.14. The Morgan fingerprint density at radius 1 is 1.06 bits per heavy atom. The van der Waals surface area contributed by atoms with Crippen LogP contribution < -0.4 is 4.74 Å². The van der Waals surface area contributed by atoms with E-state index in [0.717, 1.165) is 16.9 Å². The van der Waals surface area contributed by atoms with Gasteiger partial charge in [-0.25, -0.2) is 4.39 Å². The summed E-state index contributed by atoms with van der Waals surface area (Å²) in [6.45, 7) is 0. The van der Waals surface area contributed by atoms with Crippen LogP contribution in [0.2, 0.25) is 0 Å². The summed E-state index contributed by atoms with van der Waals surface area (Å²) in [5, 5.41) is 0. The van der Waals surface area contributed by atoms with E-state index in [1.807, 2.05) is 36.4 Å². The summed E-state index contributed by atoms with van der Waals surface area (Å²) in [6, 6.07) is 9.06. The molecule has 0 N–H and O–H groups in total. The summed E-state index contributed by atoms with van der Waals surface area (Å²) in [5.74, 6) is 0.483. The average Bonchev–Trinajstić information content (AvgIpc) is 2.37. The molecule has 1 aromatic carbocycles. The molecule has 0 aliphatic heterocycles. The smallest absolute Gasteiger partial charge is 0.142 e. The zero-order valence-corrected chi connectivity index (χ0v) is 9.43. The van der Waals surface area contributed by atoms with Crippen molar-refractivity contribution in [3.63, 3.8) is 0 Å². The minimum Gasteiger partial charge on any atom is -0.497 e. The molecule has 0 saturated heterocycles. The highest BCUT2D eigenvalue weighted by atomic mass is 19.1. The Kier molecular flexibility index (Phi) is 3.50. The normalized spacial score (nSPS) is 10.7. The Hall–Kier alpha value is -2.16. The van der Waals surface area contributed by atoms with E-state index in [4.69, 9.17) is 4.74 Å². The molecule has 3 heteroatoms. The molecule has 0 radical (unpaired) electrons. The first-order valence-corrected chi connectivity index (χ1v) is 5.20. The largest absolute Gasteiger partial charge is 0.497 e. The molecule has 1 aromatic heterocycles. The molecule has 0 aliphatic carbocycles.